The second-order valence-electron chi connectivity index (χ2n) is 5.03. The molecule has 2 aromatic carbocycles. The second kappa shape index (κ2) is 8.96. The number of carbonyl (C=O) groups is 2. The number of amides is 1. The van der Waals surface area contributed by atoms with Crippen LogP contribution in [0.4, 0.5) is 10.1 Å². The summed E-state index contributed by atoms with van der Waals surface area (Å²) < 4.78 is 24.3. The van der Waals surface area contributed by atoms with Gasteiger partial charge < -0.3 is 14.8 Å². The number of halogens is 3. The van der Waals surface area contributed by atoms with Crippen LogP contribution in [0.25, 0.3) is 0 Å². The number of benzene rings is 2. The number of rotatable bonds is 6. The molecule has 0 aliphatic carbocycles. The van der Waals surface area contributed by atoms with Gasteiger partial charge in [-0.05, 0) is 64.8 Å². The van der Waals surface area contributed by atoms with Crippen molar-refractivity contribution in [1.82, 2.24) is 0 Å². The van der Waals surface area contributed by atoms with E-state index in [0.29, 0.717) is 15.9 Å². The molecule has 0 saturated heterocycles. The number of nitrogens with one attached hydrogen (secondary N) is 1. The zero-order valence-electron chi connectivity index (χ0n) is 13.1. The van der Waals surface area contributed by atoms with Gasteiger partial charge in [-0.3, -0.25) is 4.79 Å². The average molecular weight is 475 g/mol. The predicted octanol–water partition coefficient (Wildman–Crippen LogP) is 4.22. The normalized spacial score (nSPS) is 10.2. The molecule has 0 aliphatic heterocycles. The van der Waals surface area contributed by atoms with E-state index in [-0.39, 0.29) is 0 Å². The number of ether oxygens (including phenoxy) is 2. The SMILES string of the molecule is Cc1cc(Br)ccc1NC(=O)COC(=O)COc1ccc(F)cc1Br. The Morgan fingerprint density at radius 2 is 1.88 bits per heavy atom. The Bertz CT molecular complexity index is 798. The highest BCUT2D eigenvalue weighted by Gasteiger charge is 2.11. The van der Waals surface area contributed by atoms with Crippen LogP contribution in [0.5, 0.6) is 5.75 Å². The van der Waals surface area contributed by atoms with Crippen molar-refractivity contribution in [3.05, 3.63) is 56.7 Å². The number of esters is 1. The highest BCUT2D eigenvalue weighted by Crippen LogP contribution is 2.25. The van der Waals surface area contributed by atoms with Crippen molar-refractivity contribution < 1.29 is 23.5 Å². The minimum atomic E-state index is -0.709. The van der Waals surface area contributed by atoms with E-state index in [1.807, 2.05) is 13.0 Å². The number of aryl methyl sites for hydroxylation is 1. The summed E-state index contributed by atoms with van der Waals surface area (Å²) in [5.74, 6) is -1.30. The molecule has 0 saturated carbocycles. The molecule has 2 aromatic rings. The van der Waals surface area contributed by atoms with Gasteiger partial charge in [0.05, 0.1) is 4.47 Å². The summed E-state index contributed by atoms with van der Waals surface area (Å²) >= 11 is 6.46. The molecule has 2 rings (SSSR count). The second-order valence-corrected chi connectivity index (χ2v) is 6.80. The maximum Gasteiger partial charge on any atom is 0.344 e. The van der Waals surface area contributed by atoms with Crippen LogP contribution in [0.3, 0.4) is 0 Å². The van der Waals surface area contributed by atoms with E-state index in [1.165, 1.54) is 18.2 Å². The molecular weight excluding hydrogens is 461 g/mol. The molecule has 8 heteroatoms. The molecule has 0 unspecified atom stereocenters. The molecule has 0 atom stereocenters. The standard InChI is InChI=1S/C17H14Br2FNO4/c1-10-6-11(18)2-4-14(10)21-16(22)8-25-17(23)9-24-15-5-3-12(20)7-13(15)19/h2-7H,8-9H2,1H3,(H,21,22). The molecule has 0 radical (unpaired) electrons. The molecule has 0 spiro atoms. The van der Waals surface area contributed by atoms with Gasteiger partial charge >= 0.3 is 5.97 Å². The summed E-state index contributed by atoms with van der Waals surface area (Å²) in [5.41, 5.74) is 1.51. The van der Waals surface area contributed by atoms with Crippen LogP contribution in [-0.4, -0.2) is 25.1 Å². The summed E-state index contributed by atoms with van der Waals surface area (Å²) in [4.78, 5) is 23.5. The lowest BCUT2D eigenvalue weighted by Gasteiger charge is -2.10. The van der Waals surface area contributed by atoms with Crippen molar-refractivity contribution in [3.8, 4) is 5.75 Å². The van der Waals surface area contributed by atoms with Crippen LogP contribution in [0, 0.1) is 12.7 Å². The molecule has 0 aliphatic rings. The van der Waals surface area contributed by atoms with E-state index in [4.69, 9.17) is 9.47 Å². The molecule has 0 heterocycles. The van der Waals surface area contributed by atoms with E-state index >= 15 is 0 Å². The Labute approximate surface area is 160 Å². The molecule has 5 nitrogen and oxygen atoms in total. The highest BCUT2D eigenvalue weighted by molar-refractivity contribution is 9.10. The Kier molecular flexibility index (Phi) is 6.95. The lowest BCUT2D eigenvalue weighted by molar-refractivity contribution is -0.149. The zero-order chi connectivity index (χ0) is 18.4. The van der Waals surface area contributed by atoms with Gasteiger partial charge in [-0.15, -0.1) is 0 Å². The van der Waals surface area contributed by atoms with Crippen LogP contribution in [0.15, 0.2) is 45.3 Å². The summed E-state index contributed by atoms with van der Waals surface area (Å²) in [5, 5.41) is 2.65. The topological polar surface area (TPSA) is 64.6 Å². The van der Waals surface area contributed by atoms with Gasteiger partial charge in [0.1, 0.15) is 11.6 Å². The van der Waals surface area contributed by atoms with E-state index in [1.54, 1.807) is 12.1 Å². The van der Waals surface area contributed by atoms with Crippen molar-refractivity contribution in [3.63, 3.8) is 0 Å². The number of carbonyl (C=O) groups excluding carboxylic acids is 2. The maximum absolute atomic E-state index is 13.0. The molecule has 0 fully saturated rings. The van der Waals surface area contributed by atoms with Crippen LogP contribution in [0.2, 0.25) is 0 Å². The van der Waals surface area contributed by atoms with Gasteiger partial charge in [-0.1, -0.05) is 15.9 Å². The Morgan fingerprint density at radius 3 is 2.56 bits per heavy atom. The fourth-order valence-corrected chi connectivity index (χ4v) is 2.81. The van der Waals surface area contributed by atoms with Crippen LogP contribution in [-0.2, 0) is 14.3 Å². The molecular formula is C17H14Br2FNO4. The largest absolute Gasteiger partial charge is 0.481 e. The van der Waals surface area contributed by atoms with Crippen molar-refractivity contribution in [1.29, 1.82) is 0 Å². The van der Waals surface area contributed by atoms with Crippen molar-refractivity contribution >= 4 is 49.4 Å². The summed E-state index contributed by atoms with van der Waals surface area (Å²) in [7, 11) is 0. The van der Waals surface area contributed by atoms with E-state index in [2.05, 4.69) is 37.2 Å². The molecule has 0 aromatic heterocycles. The average Bonchev–Trinajstić information content (AvgIpc) is 2.55. The van der Waals surface area contributed by atoms with Crippen LogP contribution >= 0.6 is 31.9 Å². The van der Waals surface area contributed by atoms with Crippen LogP contribution < -0.4 is 10.1 Å². The first-order valence-corrected chi connectivity index (χ1v) is 8.73. The van der Waals surface area contributed by atoms with Gasteiger partial charge in [0.25, 0.3) is 5.91 Å². The monoisotopic (exact) mass is 473 g/mol. The minimum absolute atomic E-state index is 0.299. The van der Waals surface area contributed by atoms with Gasteiger partial charge in [-0.25, -0.2) is 9.18 Å². The minimum Gasteiger partial charge on any atom is -0.481 e. The Hall–Kier alpha value is -1.93. The van der Waals surface area contributed by atoms with Gasteiger partial charge in [0.15, 0.2) is 13.2 Å². The summed E-state index contributed by atoms with van der Waals surface area (Å²) in [6.07, 6.45) is 0. The molecule has 1 amide bonds. The number of anilines is 1. The first-order chi connectivity index (χ1) is 11.8. The van der Waals surface area contributed by atoms with E-state index in [0.717, 1.165) is 10.0 Å². The van der Waals surface area contributed by atoms with Gasteiger partial charge in [0.2, 0.25) is 0 Å². The van der Waals surface area contributed by atoms with Crippen molar-refractivity contribution in [2.45, 2.75) is 6.92 Å². The molecule has 132 valence electrons. The third-order valence-electron chi connectivity index (χ3n) is 3.07. The zero-order valence-corrected chi connectivity index (χ0v) is 16.3. The Morgan fingerprint density at radius 1 is 1.12 bits per heavy atom. The lowest BCUT2D eigenvalue weighted by Crippen LogP contribution is -2.24. The van der Waals surface area contributed by atoms with Gasteiger partial charge in [0, 0.05) is 10.2 Å². The van der Waals surface area contributed by atoms with Gasteiger partial charge in [-0.2, -0.15) is 0 Å². The molecule has 0 bridgehead atoms. The number of hydrogen-bond donors (Lipinski definition) is 1. The Balaban J connectivity index is 1.78. The predicted molar refractivity (Wildman–Crippen MR) is 98.1 cm³/mol. The third kappa shape index (κ3) is 6.13. The molecule has 1 N–H and O–H groups in total. The first kappa shape index (κ1) is 19.4. The fraction of sp³-hybridized carbons (Fsp3) is 0.176. The molecule has 25 heavy (non-hydrogen) atoms. The smallest absolute Gasteiger partial charge is 0.344 e. The van der Waals surface area contributed by atoms with Crippen molar-refractivity contribution in [2.75, 3.05) is 18.5 Å². The van der Waals surface area contributed by atoms with Crippen molar-refractivity contribution in [2.24, 2.45) is 0 Å². The summed E-state index contributed by atoms with van der Waals surface area (Å²) in [6.45, 7) is 1.03. The highest BCUT2D eigenvalue weighted by atomic mass is 79.9. The van der Waals surface area contributed by atoms with Crippen LogP contribution in [0.1, 0.15) is 5.56 Å². The van der Waals surface area contributed by atoms with E-state index in [9.17, 15) is 14.0 Å². The van der Waals surface area contributed by atoms with E-state index < -0.39 is 30.9 Å². The first-order valence-electron chi connectivity index (χ1n) is 7.14. The lowest BCUT2D eigenvalue weighted by atomic mass is 10.2. The summed E-state index contributed by atoms with van der Waals surface area (Å²) in [6, 6.07) is 9.21. The number of hydrogen-bond acceptors (Lipinski definition) is 4. The maximum atomic E-state index is 13.0. The third-order valence-corrected chi connectivity index (χ3v) is 4.18. The fourth-order valence-electron chi connectivity index (χ4n) is 1.87. The quantitative estimate of drug-likeness (QED) is 0.636.